The number of benzene rings is 2. The quantitative estimate of drug-likeness (QED) is 0.681. The highest BCUT2D eigenvalue weighted by atomic mass is 16.3. The minimum Gasteiger partial charge on any atom is -0.392 e. The van der Waals surface area contributed by atoms with Crippen LogP contribution in [0.2, 0.25) is 0 Å². The molecular formula is C15H10N2O. The van der Waals surface area contributed by atoms with Crippen molar-refractivity contribution in [2.24, 2.45) is 9.98 Å². The molecule has 0 saturated heterocycles. The lowest BCUT2D eigenvalue weighted by Gasteiger charge is -1.99. The Morgan fingerprint density at radius 2 is 1.83 bits per heavy atom. The van der Waals surface area contributed by atoms with E-state index in [-0.39, 0.29) is 6.61 Å². The van der Waals surface area contributed by atoms with Crippen LogP contribution in [0.15, 0.2) is 46.4 Å². The van der Waals surface area contributed by atoms with Gasteiger partial charge in [0, 0.05) is 28.1 Å². The maximum absolute atomic E-state index is 9.39. The summed E-state index contributed by atoms with van der Waals surface area (Å²) in [4.78, 5) is 8.98. The van der Waals surface area contributed by atoms with E-state index < -0.39 is 0 Å². The lowest BCUT2D eigenvalue weighted by atomic mass is 10.0. The Hall–Kier alpha value is -2.26. The normalized spacial score (nSPS) is 14.2. The van der Waals surface area contributed by atoms with Crippen molar-refractivity contribution in [3.63, 3.8) is 0 Å². The lowest BCUT2D eigenvalue weighted by molar-refractivity contribution is 0.352. The fraction of sp³-hybridized carbons (Fsp3) is 0.0667. The molecule has 3 nitrogen and oxygen atoms in total. The highest BCUT2D eigenvalue weighted by Gasteiger charge is 2.18. The first-order valence-corrected chi connectivity index (χ1v) is 5.88. The predicted molar refractivity (Wildman–Crippen MR) is 71.0 cm³/mol. The molecule has 0 fully saturated rings. The Balaban J connectivity index is 2.18. The first-order chi connectivity index (χ1) is 8.88. The van der Waals surface area contributed by atoms with E-state index in [0.29, 0.717) is 0 Å². The first kappa shape index (κ1) is 9.74. The smallest absolute Gasteiger partial charge is 0.0814 e. The third kappa shape index (κ3) is 1.11. The fourth-order valence-electron chi connectivity index (χ4n) is 2.59. The SMILES string of the molecule is OCC1=c2c(ccc3c2=Nc2ccccc2-3)N=C1. The van der Waals surface area contributed by atoms with Gasteiger partial charge < -0.3 is 5.11 Å². The van der Waals surface area contributed by atoms with Gasteiger partial charge in [-0.15, -0.1) is 0 Å². The summed E-state index contributed by atoms with van der Waals surface area (Å²) in [6.45, 7) is -0.00117. The van der Waals surface area contributed by atoms with Crippen molar-refractivity contribution in [2.75, 3.05) is 6.61 Å². The maximum atomic E-state index is 9.39. The molecular weight excluding hydrogens is 224 g/mol. The second-order valence-electron chi connectivity index (χ2n) is 4.43. The molecule has 86 valence electrons. The summed E-state index contributed by atoms with van der Waals surface area (Å²) >= 11 is 0. The largest absolute Gasteiger partial charge is 0.392 e. The van der Waals surface area contributed by atoms with Gasteiger partial charge in [-0.3, -0.25) is 4.99 Å². The van der Waals surface area contributed by atoms with E-state index in [0.717, 1.165) is 38.7 Å². The molecule has 2 aromatic rings. The zero-order valence-electron chi connectivity index (χ0n) is 9.59. The number of hydrogen-bond acceptors (Lipinski definition) is 3. The highest BCUT2D eigenvalue weighted by molar-refractivity contribution is 6.07. The molecule has 4 rings (SSSR count). The molecule has 0 atom stereocenters. The number of aliphatic hydroxyl groups is 1. The van der Waals surface area contributed by atoms with Crippen molar-refractivity contribution in [1.82, 2.24) is 0 Å². The Labute approximate surface area is 103 Å². The van der Waals surface area contributed by atoms with Crippen LogP contribution in [0.4, 0.5) is 11.4 Å². The molecule has 2 aromatic carbocycles. The zero-order chi connectivity index (χ0) is 12.1. The second-order valence-corrected chi connectivity index (χ2v) is 4.43. The summed E-state index contributed by atoms with van der Waals surface area (Å²) in [5.74, 6) is 0. The molecule has 2 aliphatic rings. The van der Waals surface area contributed by atoms with Crippen molar-refractivity contribution in [3.05, 3.63) is 47.0 Å². The summed E-state index contributed by atoms with van der Waals surface area (Å²) in [6, 6.07) is 12.1. The molecule has 1 N–H and O–H groups in total. The molecule has 2 heterocycles. The van der Waals surface area contributed by atoms with Crippen LogP contribution in [-0.4, -0.2) is 17.9 Å². The number of hydrogen-bond donors (Lipinski definition) is 1. The molecule has 18 heavy (non-hydrogen) atoms. The first-order valence-electron chi connectivity index (χ1n) is 5.88. The van der Waals surface area contributed by atoms with Gasteiger partial charge >= 0.3 is 0 Å². The number of fused-ring (bicyclic) bond motifs is 5. The van der Waals surface area contributed by atoms with Crippen molar-refractivity contribution in [2.45, 2.75) is 0 Å². The Bertz CT molecular complexity index is 819. The van der Waals surface area contributed by atoms with Crippen molar-refractivity contribution in [1.29, 1.82) is 0 Å². The van der Waals surface area contributed by atoms with Gasteiger partial charge in [-0.2, -0.15) is 0 Å². The zero-order valence-corrected chi connectivity index (χ0v) is 9.59. The third-order valence-electron chi connectivity index (χ3n) is 3.43. The van der Waals surface area contributed by atoms with Crippen LogP contribution >= 0.6 is 0 Å². The van der Waals surface area contributed by atoms with Gasteiger partial charge in [0.1, 0.15) is 0 Å². The summed E-state index contributed by atoms with van der Waals surface area (Å²) in [5.41, 5.74) is 5.01. The maximum Gasteiger partial charge on any atom is 0.0814 e. The number of nitrogens with zero attached hydrogens (tertiary/aromatic N) is 2. The molecule has 3 heteroatoms. The van der Waals surface area contributed by atoms with E-state index in [2.05, 4.69) is 22.1 Å². The standard InChI is InChI=1S/C15H10N2O/c18-8-9-7-16-13-6-5-11-10-3-1-2-4-12(10)17-15(11)14(9)13/h1-7,18H,8H2. The lowest BCUT2D eigenvalue weighted by Crippen LogP contribution is -2.27. The van der Waals surface area contributed by atoms with Gasteiger partial charge in [-0.1, -0.05) is 18.2 Å². The molecule has 0 spiro atoms. The van der Waals surface area contributed by atoms with Crippen LogP contribution in [0.25, 0.3) is 16.7 Å². The van der Waals surface area contributed by atoms with E-state index >= 15 is 0 Å². The van der Waals surface area contributed by atoms with Gasteiger partial charge in [0.2, 0.25) is 0 Å². The van der Waals surface area contributed by atoms with Crippen molar-refractivity contribution in [3.8, 4) is 11.1 Å². The van der Waals surface area contributed by atoms with E-state index in [1.165, 1.54) is 0 Å². The summed E-state index contributed by atoms with van der Waals surface area (Å²) in [5, 5.41) is 11.3. The monoisotopic (exact) mass is 234 g/mol. The van der Waals surface area contributed by atoms with Crippen LogP contribution in [0.5, 0.6) is 0 Å². The minimum absolute atomic E-state index is 0.00117. The van der Waals surface area contributed by atoms with Crippen LogP contribution in [0.1, 0.15) is 0 Å². The molecule has 0 radical (unpaired) electrons. The molecule has 0 aromatic heterocycles. The molecule has 0 amide bonds. The highest BCUT2D eigenvalue weighted by Crippen LogP contribution is 2.32. The molecule has 0 unspecified atom stereocenters. The number of aliphatic imine (C=N–C) groups is 1. The third-order valence-corrected chi connectivity index (χ3v) is 3.43. The predicted octanol–water partition coefficient (Wildman–Crippen LogP) is 1.48. The van der Waals surface area contributed by atoms with Gasteiger partial charge in [0.05, 0.1) is 23.3 Å². The Morgan fingerprint density at radius 3 is 2.72 bits per heavy atom. The van der Waals surface area contributed by atoms with Crippen LogP contribution in [0, 0.1) is 0 Å². The average Bonchev–Trinajstić information content (AvgIpc) is 2.98. The van der Waals surface area contributed by atoms with Gasteiger partial charge in [0.15, 0.2) is 0 Å². The number of aliphatic hydroxyl groups excluding tert-OH is 1. The molecule has 0 aliphatic carbocycles. The fourth-order valence-corrected chi connectivity index (χ4v) is 2.59. The summed E-state index contributed by atoms with van der Waals surface area (Å²) in [7, 11) is 0. The van der Waals surface area contributed by atoms with Crippen LogP contribution < -0.4 is 10.6 Å². The Kier molecular flexibility index (Phi) is 1.82. The second kappa shape index (κ2) is 3.37. The number of para-hydroxylation sites is 1. The van der Waals surface area contributed by atoms with Crippen LogP contribution in [0.3, 0.4) is 0 Å². The molecule has 2 aliphatic heterocycles. The van der Waals surface area contributed by atoms with E-state index in [4.69, 9.17) is 0 Å². The van der Waals surface area contributed by atoms with E-state index in [9.17, 15) is 5.11 Å². The molecule has 0 saturated carbocycles. The number of rotatable bonds is 1. The van der Waals surface area contributed by atoms with Crippen molar-refractivity contribution < 1.29 is 5.11 Å². The summed E-state index contributed by atoms with van der Waals surface area (Å²) in [6.07, 6.45) is 1.73. The van der Waals surface area contributed by atoms with Gasteiger partial charge in [-0.25, -0.2) is 4.99 Å². The van der Waals surface area contributed by atoms with Crippen LogP contribution in [-0.2, 0) is 0 Å². The van der Waals surface area contributed by atoms with E-state index in [1.54, 1.807) is 6.21 Å². The van der Waals surface area contributed by atoms with E-state index in [1.807, 2.05) is 24.3 Å². The Morgan fingerprint density at radius 1 is 0.944 bits per heavy atom. The average molecular weight is 234 g/mol. The van der Waals surface area contributed by atoms with Crippen molar-refractivity contribution >= 4 is 23.2 Å². The van der Waals surface area contributed by atoms with Gasteiger partial charge in [0.25, 0.3) is 0 Å². The topological polar surface area (TPSA) is 45.0 Å². The minimum atomic E-state index is -0.00117. The molecule has 0 bridgehead atoms. The van der Waals surface area contributed by atoms with Gasteiger partial charge in [-0.05, 0) is 18.2 Å². The summed E-state index contributed by atoms with van der Waals surface area (Å²) < 4.78 is 0.